The van der Waals surface area contributed by atoms with Crippen LogP contribution in [0.1, 0.15) is 41.0 Å². The lowest BCUT2D eigenvalue weighted by Gasteiger charge is -2.28. The monoisotopic (exact) mass is 400 g/mol. The minimum atomic E-state index is -1.09. The number of aryl methyl sites for hydroxylation is 1. The third-order valence-electron chi connectivity index (χ3n) is 5.11. The SMILES string of the molecule is CCCn1c(=O)n(CC(=O)OC(C)C(=O)NC(C)(C#N)C(C)C)c2ccccc21. The van der Waals surface area contributed by atoms with Crippen LogP contribution in [0.5, 0.6) is 0 Å². The maximum absolute atomic E-state index is 12.7. The molecule has 2 rings (SSSR count). The number of para-hydroxylation sites is 2. The first-order valence-electron chi connectivity index (χ1n) is 9.75. The van der Waals surface area contributed by atoms with Gasteiger partial charge < -0.3 is 10.1 Å². The van der Waals surface area contributed by atoms with Crippen LogP contribution in [0.4, 0.5) is 0 Å². The second kappa shape index (κ2) is 8.95. The highest BCUT2D eigenvalue weighted by Gasteiger charge is 2.32. The highest BCUT2D eigenvalue weighted by molar-refractivity contribution is 5.85. The largest absolute Gasteiger partial charge is 0.451 e. The number of carbonyl (C=O) groups is 2. The Hall–Kier alpha value is -3.08. The van der Waals surface area contributed by atoms with Crippen molar-refractivity contribution in [3.8, 4) is 6.07 Å². The molecule has 29 heavy (non-hydrogen) atoms. The van der Waals surface area contributed by atoms with Gasteiger partial charge in [0.1, 0.15) is 12.1 Å². The number of amides is 1. The van der Waals surface area contributed by atoms with Crippen LogP contribution in [0.3, 0.4) is 0 Å². The van der Waals surface area contributed by atoms with Gasteiger partial charge in [-0.1, -0.05) is 32.9 Å². The topological polar surface area (TPSA) is 106 Å². The van der Waals surface area contributed by atoms with Crippen molar-refractivity contribution >= 4 is 22.9 Å². The Balaban J connectivity index is 2.16. The van der Waals surface area contributed by atoms with Crippen molar-refractivity contribution in [3.05, 3.63) is 34.7 Å². The molecule has 1 N–H and O–H groups in total. The molecule has 2 aromatic rings. The van der Waals surface area contributed by atoms with Gasteiger partial charge in [0.25, 0.3) is 5.91 Å². The molecule has 1 aromatic heterocycles. The molecular formula is C21H28N4O4. The van der Waals surface area contributed by atoms with Gasteiger partial charge in [0.15, 0.2) is 6.10 Å². The summed E-state index contributed by atoms with van der Waals surface area (Å²) in [6.07, 6.45) is -0.308. The Labute approximate surface area is 170 Å². The van der Waals surface area contributed by atoms with Gasteiger partial charge in [-0.25, -0.2) is 4.79 Å². The molecule has 0 aliphatic heterocycles. The Bertz CT molecular complexity index is 998. The summed E-state index contributed by atoms with van der Waals surface area (Å²) in [5.74, 6) is -1.38. The van der Waals surface area contributed by atoms with Crippen molar-refractivity contribution in [2.24, 2.45) is 5.92 Å². The second-order valence-corrected chi connectivity index (χ2v) is 7.60. The van der Waals surface area contributed by atoms with E-state index in [-0.39, 0.29) is 18.2 Å². The lowest BCUT2D eigenvalue weighted by molar-refractivity contribution is -0.155. The zero-order chi connectivity index (χ0) is 21.8. The summed E-state index contributed by atoms with van der Waals surface area (Å²) in [6, 6.07) is 9.32. The van der Waals surface area contributed by atoms with E-state index < -0.39 is 23.5 Å². The number of esters is 1. The maximum atomic E-state index is 12.7. The normalized spacial score (nSPS) is 14.2. The van der Waals surface area contributed by atoms with Crippen LogP contribution in [0.2, 0.25) is 0 Å². The van der Waals surface area contributed by atoms with E-state index in [1.165, 1.54) is 11.5 Å². The van der Waals surface area contributed by atoms with Gasteiger partial charge in [0.05, 0.1) is 17.1 Å². The minimum absolute atomic E-state index is 0.123. The van der Waals surface area contributed by atoms with Crippen LogP contribution in [0.25, 0.3) is 11.0 Å². The predicted molar refractivity (Wildman–Crippen MR) is 109 cm³/mol. The van der Waals surface area contributed by atoms with Crippen LogP contribution >= 0.6 is 0 Å². The molecule has 2 unspecified atom stereocenters. The van der Waals surface area contributed by atoms with Gasteiger partial charge in [-0.2, -0.15) is 5.26 Å². The molecule has 2 atom stereocenters. The van der Waals surface area contributed by atoms with E-state index in [0.29, 0.717) is 12.1 Å². The van der Waals surface area contributed by atoms with Crippen molar-refractivity contribution in [2.75, 3.05) is 0 Å². The van der Waals surface area contributed by atoms with E-state index in [2.05, 4.69) is 11.4 Å². The molecule has 0 spiro atoms. The highest BCUT2D eigenvalue weighted by atomic mass is 16.5. The fraction of sp³-hybridized carbons (Fsp3) is 0.524. The average Bonchev–Trinajstić information content (AvgIpc) is 2.93. The Morgan fingerprint density at radius 3 is 2.31 bits per heavy atom. The zero-order valence-corrected chi connectivity index (χ0v) is 17.6. The van der Waals surface area contributed by atoms with Crippen molar-refractivity contribution in [3.63, 3.8) is 0 Å². The summed E-state index contributed by atoms with van der Waals surface area (Å²) in [5.41, 5.74) is 0.0259. The number of imidazole rings is 1. The number of fused-ring (bicyclic) bond motifs is 1. The molecular weight excluding hydrogens is 372 g/mol. The number of nitriles is 1. The summed E-state index contributed by atoms with van der Waals surface area (Å²) in [4.78, 5) is 37.5. The predicted octanol–water partition coefficient (Wildman–Crippen LogP) is 2.20. The van der Waals surface area contributed by atoms with E-state index in [1.54, 1.807) is 23.6 Å². The molecule has 0 bridgehead atoms. The molecule has 1 aromatic carbocycles. The molecule has 8 nitrogen and oxygen atoms in total. The van der Waals surface area contributed by atoms with Gasteiger partial charge in [-0.05, 0) is 38.3 Å². The molecule has 1 amide bonds. The van der Waals surface area contributed by atoms with Crippen molar-refractivity contribution < 1.29 is 14.3 Å². The molecule has 0 aliphatic carbocycles. The standard InChI is InChI=1S/C21H28N4O4/c1-6-11-24-16-9-7-8-10-17(16)25(20(24)28)12-18(26)29-15(4)19(27)23-21(5,13-22)14(2)3/h7-10,14-15H,6,11-12H2,1-5H3,(H,23,27). The number of hydrogen-bond acceptors (Lipinski definition) is 5. The Morgan fingerprint density at radius 2 is 1.79 bits per heavy atom. The minimum Gasteiger partial charge on any atom is -0.451 e. The fourth-order valence-electron chi connectivity index (χ4n) is 2.94. The number of nitrogens with zero attached hydrogens (tertiary/aromatic N) is 3. The number of aromatic nitrogens is 2. The first kappa shape index (κ1) is 22.2. The van der Waals surface area contributed by atoms with Crippen molar-refractivity contribution in [1.82, 2.24) is 14.5 Å². The third kappa shape index (κ3) is 4.67. The lowest BCUT2D eigenvalue weighted by atomic mass is 9.90. The van der Waals surface area contributed by atoms with Crippen LogP contribution in [0.15, 0.2) is 29.1 Å². The summed E-state index contributed by atoms with van der Waals surface area (Å²) < 4.78 is 8.21. The number of nitrogens with one attached hydrogen (secondary N) is 1. The molecule has 0 saturated heterocycles. The number of carbonyl (C=O) groups excluding carboxylic acids is 2. The number of ether oxygens (including phenoxy) is 1. The lowest BCUT2D eigenvalue weighted by Crippen LogP contribution is -2.52. The Kier molecular flexibility index (Phi) is 6.85. The van der Waals surface area contributed by atoms with Crippen LogP contribution in [0, 0.1) is 17.2 Å². The summed E-state index contributed by atoms with van der Waals surface area (Å²) >= 11 is 0. The maximum Gasteiger partial charge on any atom is 0.329 e. The zero-order valence-electron chi connectivity index (χ0n) is 17.6. The number of benzene rings is 1. The van der Waals surface area contributed by atoms with Gasteiger partial charge in [-0.3, -0.25) is 18.7 Å². The third-order valence-corrected chi connectivity index (χ3v) is 5.11. The Morgan fingerprint density at radius 1 is 1.21 bits per heavy atom. The number of rotatable bonds is 8. The first-order chi connectivity index (χ1) is 13.6. The molecule has 0 radical (unpaired) electrons. The molecule has 1 heterocycles. The van der Waals surface area contributed by atoms with Gasteiger partial charge >= 0.3 is 11.7 Å². The summed E-state index contributed by atoms with van der Waals surface area (Å²) in [5, 5.41) is 12.0. The quantitative estimate of drug-likeness (QED) is 0.684. The smallest absolute Gasteiger partial charge is 0.329 e. The molecule has 8 heteroatoms. The van der Waals surface area contributed by atoms with Crippen molar-refractivity contribution in [2.45, 2.75) is 65.8 Å². The fourth-order valence-corrected chi connectivity index (χ4v) is 2.94. The molecule has 0 aliphatic rings. The van der Waals surface area contributed by atoms with Crippen LogP contribution in [-0.2, 0) is 27.4 Å². The second-order valence-electron chi connectivity index (χ2n) is 7.60. The molecule has 0 saturated carbocycles. The van der Waals surface area contributed by atoms with Crippen LogP contribution in [-0.4, -0.2) is 32.7 Å². The van der Waals surface area contributed by atoms with E-state index in [9.17, 15) is 19.6 Å². The van der Waals surface area contributed by atoms with E-state index >= 15 is 0 Å². The van der Waals surface area contributed by atoms with E-state index in [0.717, 1.165) is 11.9 Å². The molecule has 156 valence electrons. The van der Waals surface area contributed by atoms with E-state index in [1.807, 2.05) is 32.9 Å². The molecule has 0 fully saturated rings. The average molecular weight is 400 g/mol. The number of hydrogen-bond donors (Lipinski definition) is 1. The van der Waals surface area contributed by atoms with Gasteiger partial charge in [-0.15, -0.1) is 0 Å². The van der Waals surface area contributed by atoms with Gasteiger partial charge in [0.2, 0.25) is 0 Å². The van der Waals surface area contributed by atoms with E-state index in [4.69, 9.17) is 4.74 Å². The first-order valence-corrected chi connectivity index (χ1v) is 9.75. The van der Waals surface area contributed by atoms with Gasteiger partial charge in [0, 0.05) is 6.54 Å². The van der Waals surface area contributed by atoms with Crippen LogP contribution < -0.4 is 11.0 Å². The summed E-state index contributed by atoms with van der Waals surface area (Å²) in [6.45, 7) is 8.91. The van der Waals surface area contributed by atoms with Crippen molar-refractivity contribution in [1.29, 1.82) is 5.26 Å². The highest BCUT2D eigenvalue weighted by Crippen LogP contribution is 2.16. The summed E-state index contributed by atoms with van der Waals surface area (Å²) in [7, 11) is 0.